The third kappa shape index (κ3) is 4.10. The van der Waals surface area contributed by atoms with E-state index in [2.05, 4.69) is 10.6 Å². The summed E-state index contributed by atoms with van der Waals surface area (Å²) in [6, 6.07) is 9.10. The third-order valence-electron chi connectivity index (χ3n) is 2.06. The number of hydrogen-bond acceptors (Lipinski definition) is 2. The van der Waals surface area contributed by atoms with E-state index >= 15 is 0 Å². The van der Waals surface area contributed by atoms with Gasteiger partial charge in [-0.1, -0.05) is 18.2 Å². The molecule has 0 saturated heterocycles. The number of nitrogens with one attached hydrogen (secondary N) is 2. The van der Waals surface area contributed by atoms with Gasteiger partial charge in [0.1, 0.15) is 5.70 Å². The van der Waals surface area contributed by atoms with E-state index in [9.17, 15) is 9.59 Å². The van der Waals surface area contributed by atoms with Gasteiger partial charge < -0.3 is 10.6 Å². The van der Waals surface area contributed by atoms with Gasteiger partial charge in [-0.15, -0.1) is 0 Å². The molecule has 0 aliphatic carbocycles. The summed E-state index contributed by atoms with van der Waals surface area (Å²) < 4.78 is 0. The lowest BCUT2D eigenvalue weighted by Gasteiger charge is -2.11. The lowest BCUT2D eigenvalue weighted by molar-refractivity contribution is -0.120. The maximum atomic E-state index is 11.9. The second-order valence-corrected chi connectivity index (χ2v) is 3.88. The predicted octanol–water partition coefficient (Wildman–Crippen LogP) is 2.06. The van der Waals surface area contributed by atoms with Crippen molar-refractivity contribution in [2.75, 3.05) is 5.32 Å². The normalized spacial score (nSPS) is 9.35. The largest absolute Gasteiger partial charge is 0.322 e. The Hall–Kier alpha value is -2.10. The highest BCUT2D eigenvalue weighted by Crippen LogP contribution is 2.08. The van der Waals surface area contributed by atoms with E-state index in [-0.39, 0.29) is 11.8 Å². The van der Waals surface area contributed by atoms with Crippen molar-refractivity contribution in [1.82, 2.24) is 5.32 Å². The van der Waals surface area contributed by atoms with Crippen LogP contribution in [0.25, 0.3) is 0 Å². The summed E-state index contributed by atoms with van der Waals surface area (Å²) >= 11 is 0. The van der Waals surface area contributed by atoms with E-state index in [1.807, 2.05) is 18.2 Å². The second-order valence-electron chi connectivity index (χ2n) is 3.88. The van der Waals surface area contributed by atoms with Gasteiger partial charge in [0.2, 0.25) is 5.91 Å². The molecular formula is C13H16N2O2. The Bertz CT molecular complexity index is 446. The second kappa shape index (κ2) is 5.84. The average molecular weight is 232 g/mol. The van der Waals surface area contributed by atoms with E-state index < -0.39 is 0 Å². The zero-order valence-electron chi connectivity index (χ0n) is 10.2. The summed E-state index contributed by atoms with van der Waals surface area (Å²) in [6.07, 6.45) is 0. The Morgan fingerprint density at radius 1 is 1.00 bits per heavy atom. The van der Waals surface area contributed by atoms with Crippen LogP contribution in [0.3, 0.4) is 0 Å². The molecule has 0 spiro atoms. The molecule has 0 aromatic heterocycles. The molecule has 2 amide bonds. The Labute approximate surface area is 101 Å². The standard InChI is InChI=1S/C13H16N2O2/c1-9(2)12(14-10(3)16)13(17)15-11-7-5-4-6-8-11/h4-8H,1-3H3,(H,14,16)(H,15,17). The summed E-state index contributed by atoms with van der Waals surface area (Å²) in [5.41, 5.74) is 1.75. The van der Waals surface area contributed by atoms with Crippen molar-refractivity contribution in [3.8, 4) is 0 Å². The van der Waals surface area contributed by atoms with Crippen LogP contribution in [0.4, 0.5) is 5.69 Å². The number of rotatable bonds is 3. The minimum absolute atomic E-state index is 0.260. The number of benzene rings is 1. The van der Waals surface area contributed by atoms with E-state index in [4.69, 9.17) is 0 Å². The van der Waals surface area contributed by atoms with Crippen molar-refractivity contribution in [3.05, 3.63) is 41.6 Å². The number of amides is 2. The highest BCUT2D eigenvalue weighted by molar-refractivity contribution is 6.06. The molecular weight excluding hydrogens is 216 g/mol. The van der Waals surface area contributed by atoms with Gasteiger partial charge in [0.25, 0.3) is 5.91 Å². The van der Waals surface area contributed by atoms with Crippen LogP contribution >= 0.6 is 0 Å². The van der Waals surface area contributed by atoms with Crippen LogP contribution in [-0.4, -0.2) is 11.8 Å². The Morgan fingerprint density at radius 3 is 2.06 bits per heavy atom. The van der Waals surface area contributed by atoms with Crippen molar-refractivity contribution in [2.45, 2.75) is 20.8 Å². The summed E-state index contributed by atoms with van der Waals surface area (Å²) in [4.78, 5) is 22.9. The molecule has 0 atom stereocenters. The average Bonchev–Trinajstić information content (AvgIpc) is 2.26. The summed E-state index contributed by atoms with van der Waals surface area (Å²) in [5, 5.41) is 5.25. The number of hydrogen-bond donors (Lipinski definition) is 2. The van der Waals surface area contributed by atoms with Crippen molar-refractivity contribution >= 4 is 17.5 Å². The quantitative estimate of drug-likeness (QED) is 0.784. The Morgan fingerprint density at radius 2 is 1.59 bits per heavy atom. The molecule has 4 heteroatoms. The molecule has 0 unspecified atom stereocenters. The fraction of sp³-hybridized carbons (Fsp3) is 0.231. The first kappa shape index (κ1) is 13.0. The lowest BCUT2D eigenvalue weighted by atomic mass is 10.2. The maximum absolute atomic E-state index is 11.9. The smallest absolute Gasteiger partial charge is 0.272 e. The minimum atomic E-state index is -0.314. The van der Waals surface area contributed by atoms with Crippen LogP contribution in [0.1, 0.15) is 20.8 Å². The van der Waals surface area contributed by atoms with Crippen molar-refractivity contribution in [2.24, 2.45) is 0 Å². The molecule has 0 radical (unpaired) electrons. The van der Waals surface area contributed by atoms with Crippen LogP contribution < -0.4 is 10.6 Å². The highest BCUT2D eigenvalue weighted by Gasteiger charge is 2.12. The van der Waals surface area contributed by atoms with Gasteiger partial charge in [-0.3, -0.25) is 9.59 Å². The Balaban J connectivity index is 2.81. The molecule has 0 heterocycles. The first-order chi connectivity index (χ1) is 8.00. The molecule has 0 saturated carbocycles. The zero-order valence-corrected chi connectivity index (χ0v) is 10.2. The molecule has 0 fully saturated rings. The summed E-state index contributed by atoms with van der Waals surface area (Å²) in [7, 11) is 0. The summed E-state index contributed by atoms with van der Waals surface area (Å²) in [5.74, 6) is -0.573. The monoisotopic (exact) mass is 232 g/mol. The van der Waals surface area contributed by atoms with Crippen LogP contribution in [0.5, 0.6) is 0 Å². The van der Waals surface area contributed by atoms with E-state index in [0.717, 1.165) is 5.57 Å². The lowest BCUT2D eigenvalue weighted by Crippen LogP contribution is -2.30. The first-order valence-corrected chi connectivity index (χ1v) is 5.32. The van der Waals surface area contributed by atoms with Gasteiger partial charge in [0.15, 0.2) is 0 Å². The Kier molecular flexibility index (Phi) is 4.46. The van der Waals surface area contributed by atoms with Gasteiger partial charge >= 0.3 is 0 Å². The highest BCUT2D eigenvalue weighted by atomic mass is 16.2. The minimum Gasteiger partial charge on any atom is -0.322 e. The topological polar surface area (TPSA) is 58.2 Å². The van der Waals surface area contributed by atoms with Gasteiger partial charge in [-0.05, 0) is 31.6 Å². The number of allylic oxidation sites excluding steroid dienone is 1. The summed E-state index contributed by atoms with van der Waals surface area (Å²) in [6.45, 7) is 4.92. The molecule has 0 aliphatic rings. The van der Waals surface area contributed by atoms with Crippen molar-refractivity contribution in [3.63, 3.8) is 0 Å². The molecule has 1 aromatic rings. The van der Waals surface area contributed by atoms with Crippen molar-refractivity contribution < 1.29 is 9.59 Å². The molecule has 4 nitrogen and oxygen atoms in total. The predicted molar refractivity (Wildman–Crippen MR) is 67.3 cm³/mol. The third-order valence-corrected chi connectivity index (χ3v) is 2.06. The van der Waals surface area contributed by atoms with Gasteiger partial charge in [0, 0.05) is 12.6 Å². The molecule has 17 heavy (non-hydrogen) atoms. The first-order valence-electron chi connectivity index (χ1n) is 5.32. The fourth-order valence-electron chi connectivity index (χ4n) is 1.30. The van der Waals surface area contributed by atoms with E-state index in [0.29, 0.717) is 11.4 Å². The van der Waals surface area contributed by atoms with Gasteiger partial charge in [-0.25, -0.2) is 0 Å². The maximum Gasteiger partial charge on any atom is 0.272 e. The van der Waals surface area contributed by atoms with E-state index in [1.165, 1.54) is 6.92 Å². The number of para-hydroxylation sites is 1. The van der Waals surface area contributed by atoms with Crippen LogP contribution in [0.15, 0.2) is 41.6 Å². The number of carbonyl (C=O) groups excluding carboxylic acids is 2. The number of anilines is 1. The SMILES string of the molecule is CC(=O)NC(C(=O)Nc1ccccc1)=C(C)C. The van der Waals surface area contributed by atoms with Crippen LogP contribution in [0, 0.1) is 0 Å². The van der Waals surface area contributed by atoms with Crippen molar-refractivity contribution in [1.29, 1.82) is 0 Å². The molecule has 1 aromatic carbocycles. The number of carbonyl (C=O) groups is 2. The molecule has 1 rings (SSSR count). The van der Waals surface area contributed by atoms with Crippen LogP contribution in [-0.2, 0) is 9.59 Å². The van der Waals surface area contributed by atoms with E-state index in [1.54, 1.807) is 26.0 Å². The molecule has 0 aliphatic heterocycles. The fourth-order valence-corrected chi connectivity index (χ4v) is 1.30. The molecule has 90 valence electrons. The van der Waals surface area contributed by atoms with Crippen LogP contribution in [0.2, 0.25) is 0 Å². The zero-order chi connectivity index (χ0) is 12.8. The molecule has 0 bridgehead atoms. The van der Waals surface area contributed by atoms with Gasteiger partial charge in [-0.2, -0.15) is 0 Å². The van der Waals surface area contributed by atoms with Gasteiger partial charge in [0.05, 0.1) is 0 Å². The molecule has 2 N–H and O–H groups in total.